The first-order chi connectivity index (χ1) is 6.27. The summed E-state index contributed by atoms with van der Waals surface area (Å²) in [6.45, 7) is 3.73. The molecule has 3 heteroatoms. The Balaban J connectivity index is 0.00000169. The van der Waals surface area contributed by atoms with Gasteiger partial charge in [0.2, 0.25) is 0 Å². The summed E-state index contributed by atoms with van der Waals surface area (Å²) in [5.41, 5.74) is 2.10. The van der Waals surface area contributed by atoms with Crippen molar-refractivity contribution in [1.82, 2.24) is 0 Å². The van der Waals surface area contributed by atoms with Crippen molar-refractivity contribution >= 4 is 18.2 Å². The SMILES string of the molecule is C=C/C(=C\[N-]C)c1cccc(S)c1.[U]. The smallest absolute Gasteiger partial charge is 0.00461 e. The normalized spacial score (nSPS) is 10.3. The maximum atomic E-state index is 4.26. The van der Waals surface area contributed by atoms with E-state index >= 15 is 0 Å². The van der Waals surface area contributed by atoms with Crippen LogP contribution in [0.2, 0.25) is 0 Å². The Labute approximate surface area is 114 Å². The van der Waals surface area contributed by atoms with E-state index in [4.69, 9.17) is 0 Å². The molecule has 0 aliphatic carbocycles. The molecular weight excluding hydrogens is 416 g/mol. The molecule has 72 valence electrons. The zero-order valence-corrected chi connectivity index (χ0v) is 13.1. The van der Waals surface area contributed by atoms with Crippen LogP contribution in [-0.4, -0.2) is 7.05 Å². The van der Waals surface area contributed by atoms with Gasteiger partial charge in [0.15, 0.2) is 0 Å². The molecule has 0 bridgehead atoms. The number of thiol groups is 1. The van der Waals surface area contributed by atoms with Gasteiger partial charge in [0, 0.05) is 36.0 Å². The molecule has 0 N–H and O–H groups in total. The summed E-state index contributed by atoms with van der Waals surface area (Å²) < 4.78 is 0. The topological polar surface area (TPSA) is 14.1 Å². The molecule has 1 aromatic carbocycles. The van der Waals surface area contributed by atoms with Gasteiger partial charge in [0.1, 0.15) is 0 Å². The molecule has 1 nitrogen and oxygen atoms in total. The summed E-state index contributed by atoms with van der Waals surface area (Å²) in [6.07, 6.45) is 3.57. The molecule has 0 radical (unpaired) electrons. The Morgan fingerprint density at radius 2 is 2.21 bits per heavy atom. The van der Waals surface area contributed by atoms with Crippen LogP contribution in [0.3, 0.4) is 0 Å². The first-order valence-corrected chi connectivity index (χ1v) is 4.43. The number of hydrogen-bond donors (Lipinski definition) is 1. The van der Waals surface area contributed by atoms with Crippen LogP contribution in [0.4, 0.5) is 0 Å². The minimum absolute atomic E-state index is 0. The molecule has 0 aliphatic heterocycles. The fraction of sp³-hybridized carbons (Fsp3) is 0.0909. The maximum absolute atomic E-state index is 4.26. The summed E-state index contributed by atoms with van der Waals surface area (Å²) in [6, 6.07) is 7.90. The standard InChI is InChI=1S/C11H12NS.U/c1-3-9(8-12-2)10-5-4-6-11(13)7-10;/h3-8,13H,1H2,2H3;/q-1;/b9-8+;. The van der Waals surface area contributed by atoms with Gasteiger partial charge in [-0.1, -0.05) is 24.8 Å². The zero-order chi connectivity index (χ0) is 9.68. The molecule has 0 heterocycles. The number of rotatable bonds is 3. The summed E-state index contributed by atoms with van der Waals surface area (Å²) in [7, 11) is 1.74. The molecular formula is C11H12NSU-. The van der Waals surface area contributed by atoms with Gasteiger partial charge in [0.05, 0.1) is 0 Å². The molecule has 0 atom stereocenters. The van der Waals surface area contributed by atoms with Gasteiger partial charge in [-0.2, -0.15) is 6.20 Å². The first-order valence-electron chi connectivity index (χ1n) is 3.99. The number of benzene rings is 1. The molecule has 0 amide bonds. The maximum Gasteiger partial charge on any atom is 0.00461 e. The molecule has 0 spiro atoms. The van der Waals surface area contributed by atoms with Crippen molar-refractivity contribution in [3.8, 4) is 0 Å². The van der Waals surface area contributed by atoms with Gasteiger partial charge in [-0.25, -0.2) is 0 Å². The number of hydrogen-bond acceptors (Lipinski definition) is 1. The van der Waals surface area contributed by atoms with E-state index in [-0.39, 0.29) is 31.1 Å². The van der Waals surface area contributed by atoms with Crippen molar-refractivity contribution in [3.63, 3.8) is 0 Å². The molecule has 1 rings (SSSR count). The van der Waals surface area contributed by atoms with E-state index in [2.05, 4.69) is 24.5 Å². The fourth-order valence-electron chi connectivity index (χ4n) is 1.07. The molecule has 1 aromatic rings. The monoisotopic (exact) mass is 428 g/mol. The number of nitrogens with zero attached hydrogens (tertiary/aromatic N) is 1. The number of allylic oxidation sites excluding steroid dienone is 2. The first kappa shape index (κ1) is 13.9. The van der Waals surface area contributed by atoms with Crippen molar-refractivity contribution in [2.75, 3.05) is 7.05 Å². The minimum atomic E-state index is 0. The minimum Gasteiger partial charge on any atom is -0.693 e. The molecule has 0 saturated heterocycles. The van der Waals surface area contributed by atoms with E-state index < -0.39 is 0 Å². The van der Waals surface area contributed by atoms with E-state index in [1.54, 1.807) is 19.3 Å². The summed E-state index contributed by atoms with van der Waals surface area (Å²) in [4.78, 5) is 0.946. The molecule has 0 aliphatic rings. The predicted molar refractivity (Wildman–Crippen MR) is 61.2 cm³/mol. The van der Waals surface area contributed by atoms with Crippen LogP contribution in [0.1, 0.15) is 5.56 Å². The molecule has 0 saturated carbocycles. The van der Waals surface area contributed by atoms with Crippen LogP contribution in [0.15, 0.2) is 48.0 Å². The van der Waals surface area contributed by atoms with Gasteiger partial charge >= 0.3 is 0 Å². The Kier molecular flexibility index (Phi) is 7.18. The van der Waals surface area contributed by atoms with Gasteiger partial charge in [-0.15, -0.1) is 19.7 Å². The summed E-state index contributed by atoms with van der Waals surface area (Å²) in [5.74, 6) is 0. The molecule has 14 heavy (non-hydrogen) atoms. The van der Waals surface area contributed by atoms with Gasteiger partial charge in [-0.05, 0) is 23.3 Å². The van der Waals surface area contributed by atoms with E-state index in [9.17, 15) is 0 Å². The van der Waals surface area contributed by atoms with E-state index in [1.807, 2.05) is 24.3 Å². The average molecular weight is 428 g/mol. The quantitative estimate of drug-likeness (QED) is 0.560. The second-order valence-corrected chi connectivity index (χ2v) is 3.11. The van der Waals surface area contributed by atoms with Crippen LogP contribution in [-0.2, 0) is 0 Å². The van der Waals surface area contributed by atoms with Crippen LogP contribution in [0, 0.1) is 31.1 Å². The van der Waals surface area contributed by atoms with Crippen LogP contribution in [0.25, 0.3) is 10.9 Å². The van der Waals surface area contributed by atoms with Gasteiger partial charge < -0.3 is 5.32 Å². The van der Waals surface area contributed by atoms with Crippen molar-refractivity contribution in [1.29, 1.82) is 0 Å². The Hall–Kier alpha value is -0.0981. The summed E-state index contributed by atoms with van der Waals surface area (Å²) >= 11 is 4.26. The third kappa shape index (κ3) is 3.96. The van der Waals surface area contributed by atoms with Crippen LogP contribution >= 0.6 is 12.6 Å². The van der Waals surface area contributed by atoms with Crippen molar-refractivity contribution in [2.45, 2.75) is 4.90 Å². The second kappa shape index (κ2) is 7.23. The van der Waals surface area contributed by atoms with Crippen LogP contribution < -0.4 is 0 Å². The largest absolute Gasteiger partial charge is 0.693 e. The predicted octanol–water partition coefficient (Wildman–Crippen LogP) is 3.51. The Bertz CT molecular complexity index is 334. The Morgan fingerprint density at radius 1 is 1.50 bits per heavy atom. The van der Waals surface area contributed by atoms with Crippen molar-refractivity contribution in [3.05, 3.63) is 54.0 Å². The van der Waals surface area contributed by atoms with E-state index in [1.165, 1.54) is 0 Å². The molecule has 0 aromatic heterocycles. The van der Waals surface area contributed by atoms with E-state index in [0.717, 1.165) is 16.0 Å². The summed E-state index contributed by atoms with van der Waals surface area (Å²) in [5, 5.41) is 3.95. The fourth-order valence-corrected chi connectivity index (χ4v) is 1.29. The molecule has 0 fully saturated rings. The zero-order valence-electron chi connectivity index (χ0n) is 8.07. The second-order valence-electron chi connectivity index (χ2n) is 2.60. The van der Waals surface area contributed by atoms with Gasteiger partial charge in [0.25, 0.3) is 0 Å². The molecule has 0 unspecified atom stereocenters. The van der Waals surface area contributed by atoms with Crippen molar-refractivity contribution in [2.24, 2.45) is 0 Å². The van der Waals surface area contributed by atoms with Gasteiger partial charge in [-0.3, -0.25) is 0 Å². The van der Waals surface area contributed by atoms with Crippen LogP contribution in [0.5, 0.6) is 0 Å². The van der Waals surface area contributed by atoms with E-state index in [0.29, 0.717) is 0 Å². The third-order valence-corrected chi connectivity index (χ3v) is 1.95. The third-order valence-electron chi connectivity index (χ3n) is 1.67. The average Bonchev–Trinajstić information content (AvgIpc) is 2.14. The van der Waals surface area contributed by atoms with Crippen molar-refractivity contribution < 1.29 is 31.1 Å². The Morgan fingerprint density at radius 3 is 2.71 bits per heavy atom.